The summed E-state index contributed by atoms with van der Waals surface area (Å²) < 4.78 is 0. The van der Waals surface area contributed by atoms with Crippen LogP contribution in [-0.2, 0) is 0 Å². The molecular weight excluding hydrogens is 246 g/mol. The largest absolute Gasteiger partial charge is 0.321 e. The average Bonchev–Trinajstić information content (AvgIpc) is 2.50. The van der Waals surface area contributed by atoms with Crippen LogP contribution < -0.4 is 5.56 Å². The van der Waals surface area contributed by atoms with Crippen molar-refractivity contribution in [3.8, 4) is 11.3 Å². The Hall–Kier alpha value is -2.35. The van der Waals surface area contributed by atoms with Crippen LogP contribution in [0.25, 0.3) is 22.0 Å². The first-order valence-corrected chi connectivity index (χ1v) is 6.93. The Morgan fingerprint density at radius 1 is 0.900 bits per heavy atom. The monoisotopic (exact) mass is 265 g/mol. The van der Waals surface area contributed by atoms with Crippen LogP contribution in [0.5, 0.6) is 0 Å². The van der Waals surface area contributed by atoms with E-state index in [0.29, 0.717) is 0 Å². The minimum Gasteiger partial charge on any atom is -0.321 e. The van der Waals surface area contributed by atoms with Crippen molar-refractivity contribution in [2.45, 2.75) is 20.8 Å². The molecule has 1 N–H and O–H groups in total. The molecule has 0 aliphatic carbocycles. The lowest BCUT2D eigenvalue weighted by Gasteiger charge is -2.04. The van der Waals surface area contributed by atoms with Gasteiger partial charge in [-0.25, -0.2) is 0 Å². The Morgan fingerprint density at radius 3 is 2.25 bits per heavy atom. The summed E-state index contributed by atoms with van der Waals surface area (Å²) in [6, 6.07) is 17.8. The second-order valence-electron chi connectivity index (χ2n) is 4.47. The number of nitrogens with one attached hydrogen (secondary N) is 1. The first-order valence-electron chi connectivity index (χ1n) is 6.93. The second kappa shape index (κ2) is 6.20. The molecule has 2 heteroatoms. The topological polar surface area (TPSA) is 32.9 Å². The number of hydrogen-bond donors (Lipinski definition) is 1. The van der Waals surface area contributed by atoms with Gasteiger partial charge in [0.25, 0.3) is 5.56 Å². The molecule has 1 heterocycles. The Kier molecular flexibility index (Phi) is 4.36. The molecule has 2 aromatic carbocycles. The summed E-state index contributed by atoms with van der Waals surface area (Å²) in [7, 11) is 0. The Bertz CT molecular complexity index is 754. The first-order chi connectivity index (χ1) is 9.74. The number of rotatable bonds is 1. The molecule has 1 aromatic heterocycles. The van der Waals surface area contributed by atoms with E-state index < -0.39 is 0 Å². The smallest absolute Gasteiger partial charge is 0.256 e. The maximum Gasteiger partial charge on any atom is 0.256 e. The van der Waals surface area contributed by atoms with Crippen molar-refractivity contribution in [2.75, 3.05) is 0 Å². The minimum atomic E-state index is -0.0383. The molecule has 0 aliphatic heterocycles. The van der Waals surface area contributed by atoms with Crippen molar-refractivity contribution in [1.82, 2.24) is 4.98 Å². The van der Waals surface area contributed by atoms with Crippen molar-refractivity contribution in [1.29, 1.82) is 0 Å². The van der Waals surface area contributed by atoms with Gasteiger partial charge in [-0.1, -0.05) is 61.9 Å². The maximum absolute atomic E-state index is 12.0. The summed E-state index contributed by atoms with van der Waals surface area (Å²) in [4.78, 5) is 14.9. The van der Waals surface area contributed by atoms with E-state index in [1.165, 1.54) is 5.56 Å². The highest BCUT2D eigenvalue weighted by molar-refractivity contribution is 5.84. The van der Waals surface area contributed by atoms with Crippen molar-refractivity contribution in [3.63, 3.8) is 0 Å². The van der Waals surface area contributed by atoms with Gasteiger partial charge in [-0.3, -0.25) is 4.79 Å². The van der Waals surface area contributed by atoms with Gasteiger partial charge in [-0.15, -0.1) is 0 Å². The van der Waals surface area contributed by atoms with Gasteiger partial charge in [0.2, 0.25) is 0 Å². The van der Waals surface area contributed by atoms with Crippen LogP contribution in [0.2, 0.25) is 0 Å². The van der Waals surface area contributed by atoms with E-state index in [4.69, 9.17) is 0 Å². The fraction of sp³-hybridized carbons (Fsp3) is 0.167. The van der Waals surface area contributed by atoms with E-state index in [1.54, 1.807) is 0 Å². The Morgan fingerprint density at radius 2 is 1.55 bits per heavy atom. The number of H-pyrrole nitrogens is 1. The zero-order valence-corrected chi connectivity index (χ0v) is 12.1. The van der Waals surface area contributed by atoms with Gasteiger partial charge in [0, 0.05) is 11.1 Å². The van der Waals surface area contributed by atoms with E-state index in [2.05, 4.69) is 4.98 Å². The Labute approximate surface area is 119 Å². The summed E-state index contributed by atoms with van der Waals surface area (Å²) in [6.07, 6.45) is 0. The average molecular weight is 265 g/mol. The lowest BCUT2D eigenvalue weighted by atomic mass is 10.1. The maximum atomic E-state index is 12.0. The molecule has 0 fully saturated rings. The van der Waals surface area contributed by atoms with Crippen LogP contribution in [0.4, 0.5) is 0 Å². The molecule has 102 valence electrons. The molecule has 0 saturated carbocycles. The summed E-state index contributed by atoms with van der Waals surface area (Å²) in [5, 5.41) is 1.70. The number of benzene rings is 2. The molecule has 0 amide bonds. The summed E-state index contributed by atoms with van der Waals surface area (Å²) in [5.41, 5.74) is 3.06. The van der Waals surface area contributed by atoms with E-state index in [0.717, 1.165) is 22.0 Å². The molecule has 0 saturated heterocycles. The molecule has 0 spiro atoms. The number of hydrogen-bond acceptors (Lipinski definition) is 1. The lowest BCUT2D eigenvalue weighted by Crippen LogP contribution is -2.06. The SMILES string of the molecule is CC.Cc1ccc(-c2cc3ccccc3c(=O)[nH]2)cc1. The standard InChI is InChI=1S/C16H13NO.C2H6/c1-11-6-8-12(9-7-11)15-10-13-4-2-3-5-14(13)16(18)17-15;1-2/h2-10H,1H3,(H,17,18);1-2H3. The van der Waals surface area contributed by atoms with Gasteiger partial charge >= 0.3 is 0 Å². The molecule has 20 heavy (non-hydrogen) atoms. The fourth-order valence-corrected chi connectivity index (χ4v) is 2.10. The first kappa shape index (κ1) is 14.1. The predicted octanol–water partition coefficient (Wildman–Crippen LogP) is 4.53. The van der Waals surface area contributed by atoms with E-state index in [1.807, 2.05) is 75.4 Å². The zero-order chi connectivity index (χ0) is 14.5. The van der Waals surface area contributed by atoms with Gasteiger partial charge in [-0.05, 0) is 30.0 Å². The molecular formula is C18H19NO. The molecule has 0 atom stereocenters. The van der Waals surface area contributed by atoms with E-state index in [9.17, 15) is 4.79 Å². The lowest BCUT2D eigenvalue weighted by molar-refractivity contribution is 1.27. The molecule has 3 rings (SSSR count). The van der Waals surface area contributed by atoms with Gasteiger partial charge in [0.05, 0.1) is 0 Å². The van der Waals surface area contributed by atoms with Crippen LogP contribution in [0, 0.1) is 6.92 Å². The third-order valence-corrected chi connectivity index (χ3v) is 3.12. The number of aromatic amines is 1. The second-order valence-corrected chi connectivity index (χ2v) is 4.47. The molecule has 0 radical (unpaired) electrons. The Balaban J connectivity index is 0.000000704. The van der Waals surface area contributed by atoms with Crippen LogP contribution in [0.1, 0.15) is 19.4 Å². The normalized spacial score (nSPS) is 9.95. The van der Waals surface area contributed by atoms with E-state index in [-0.39, 0.29) is 5.56 Å². The highest BCUT2D eigenvalue weighted by atomic mass is 16.1. The summed E-state index contributed by atoms with van der Waals surface area (Å²) in [5.74, 6) is 0. The van der Waals surface area contributed by atoms with Gasteiger partial charge < -0.3 is 4.98 Å². The van der Waals surface area contributed by atoms with Crippen LogP contribution in [0.15, 0.2) is 59.4 Å². The predicted molar refractivity (Wildman–Crippen MR) is 86.1 cm³/mol. The van der Waals surface area contributed by atoms with Crippen LogP contribution in [-0.4, -0.2) is 4.98 Å². The molecule has 0 bridgehead atoms. The highest BCUT2D eigenvalue weighted by Gasteiger charge is 2.03. The third kappa shape index (κ3) is 2.80. The van der Waals surface area contributed by atoms with Crippen molar-refractivity contribution >= 4 is 10.8 Å². The number of fused-ring (bicyclic) bond motifs is 1. The molecule has 0 aliphatic rings. The van der Waals surface area contributed by atoms with Crippen molar-refractivity contribution in [2.24, 2.45) is 0 Å². The van der Waals surface area contributed by atoms with Crippen molar-refractivity contribution < 1.29 is 0 Å². The molecule has 3 aromatic rings. The number of aryl methyl sites for hydroxylation is 1. The number of aromatic nitrogens is 1. The van der Waals surface area contributed by atoms with Gasteiger partial charge in [0.1, 0.15) is 0 Å². The van der Waals surface area contributed by atoms with Crippen LogP contribution >= 0.6 is 0 Å². The van der Waals surface area contributed by atoms with Crippen LogP contribution in [0.3, 0.4) is 0 Å². The summed E-state index contributed by atoms with van der Waals surface area (Å²) >= 11 is 0. The van der Waals surface area contributed by atoms with Crippen molar-refractivity contribution in [3.05, 3.63) is 70.5 Å². The quantitative estimate of drug-likeness (QED) is 0.689. The highest BCUT2D eigenvalue weighted by Crippen LogP contribution is 2.20. The number of pyridine rings is 1. The molecule has 2 nitrogen and oxygen atoms in total. The third-order valence-electron chi connectivity index (χ3n) is 3.12. The van der Waals surface area contributed by atoms with Gasteiger partial charge in [-0.2, -0.15) is 0 Å². The fourth-order valence-electron chi connectivity index (χ4n) is 2.10. The van der Waals surface area contributed by atoms with Gasteiger partial charge in [0.15, 0.2) is 0 Å². The zero-order valence-electron chi connectivity index (χ0n) is 12.1. The minimum absolute atomic E-state index is 0.0383. The summed E-state index contributed by atoms with van der Waals surface area (Å²) in [6.45, 7) is 6.05. The van der Waals surface area contributed by atoms with E-state index >= 15 is 0 Å². The molecule has 0 unspecified atom stereocenters.